The van der Waals surface area contributed by atoms with Crippen LogP contribution in [-0.2, 0) is 9.59 Å². The number of rotatable bonds is 8. The first-order chi connectivity index (χ1) is 19.7. The molecule has 3 aromatic rings. The number of aliphatic imine (C=N–C) groups is 1. The van der Waals surface area contributed by atoms with Crippen LogP contribution in [0.15, 0.2) is 71.3 Å². The van der Waals surface area contributed by atoms with Gasteiger partial charge in [0.1, 0.15) is 29.8 Å². The molecule has 1 aromatic heterocycles. The molecule has 12 heteroatoms. The van der Waals surface area contributed by atoms with Gasteiger partial charge in [-0.1, -0.05) is 35.9 Å². The van der Waals surface area contributed by atoms with Gasteiger partial charge in [0.15, 0.2) is 5.82 Å². The third kappa shape index (κ3) is 6.07. The minimum absolute atomic E-state index is 0.00767. The number of fused-ring (bicyclic) bond motifs is 3. The molecule has 0 spiro atoms. The van der Waals surface area contributed by atoms with E-state index in [1.807, 2.05) is 41.8 Å². The summed E-state index contributed by atoms with van der Waals surface area (Å²) < 4.78 is 7.39. The molecule has 2 aromatic carbocycles. The van der Waals surface area contributed by atoms with Gasteiger partial charge in [0.2, 0.25) is 5.91 Å². The van der Waals surface area contributed by atoms with Gasteiger partial charge in [-0.2, -0.15) is 0 Å². The molecule has 0 radical (unpaired) electrons. The topological polar surface area (TPSA) is 151 Å². The Labute approximate surface area is 241 Å². The number of halogens is 1. The number of nitrogens with zero attached hydrogens (tertiary/aromatic N) is 4. The summed E-state index contributed by atoms with van der Waals surface area (Å²) in [6.07, 6.45) is 1.89. The lowest BCUT2D eigenvalue weighted by atomic mass is 10.00. The Hall–Kier alpha value is -4.32. The second-order valence-electron chi connectivity index (χ2n) is 9.60. The molecule has 0 bridgehead atoms. The summed E-state index contributed by atoms with van der Waals surface area (Å²) in [5, 5.41) is 34.0. The molecule has 2 amide bonds. The van der Waals surface area contributed by atoms with Crippen molar-refractivity contribution < 1.29 is 24.5 Å². The first kappa shape index (κ1) is 28.2. The maximum absolute atomic E-state index is 13.1. The Morgan fingerprint density at radius 1 is 1.05 bits per heavy atom. The molecule has 3 atom stereocenters. The molecule has 5 rings (SSSR count). The van der Waals surface area contributed by atoms with Gasteiger partial charge in [-0.25, -0.2) is 0 Å². The van der Waals surface area contributed by atoms with E-state index < -0.39 is 24.2 Å². The number of aliphatic hydroxyl groups is 2. The number of carbonyl (C=O) groups excluding carboxylic acids is 2. The molecule has 3 unspecified atom stereocenters. The van der Waals surface area contributed by atoms with E-state index in [-0.39, 0.29) is 31.0 Å². The first-order valence-corrected chi connectivity index (χ1v) is 13.4. The lowest BCUT2D eigenvalue weighted by Crippen LogP contribution is -2.36. The molecular formula is C29H29ClN6O5. The van der Waals surface area contributed by atoms with Crippen LogP contribution in [-0.4, -0.2) is 74.9 Å². The van der Waals surface area contributed by atoms with Crippen molar-refractivity contribution in [1.29, 1.82) is 0 Å². The second-order valence-corrected chi connectivity index (χ2v) is 10.0. The summed E-state index contributed by atoms with van der Waals surface area (Å²) in [5.41, 5.74) is 3.32. The monoisotopic (exact) mass is 576 g/mol. The fourth-order valence-corrected chi connectivity index (χ4v) is 4.84. The molecule has 212 valence electrons. The zero-order chi connectivity index (χ0) is 29.1. The fraction of sp³-hybridized carbons (Fsp3) is 0.276. The summed E-state index contributed by atoms with van der Waals surface area (Å²) in [4.78, 5) is 30.4. The molecule has 4 N–H and O–H groups in total. The van der Waals surface area contributed by atoms with E-state index >= 15 is 0 Å². The Kier molecular flexibility index (Phi) is 8.29. The van der Waals surface area contributed by atoms with Gasteiger partial charge >= 0.3 is 0 Å². The molecule has 0 saturated carbocycles. The molecule has 1 aliphatic carbocycles. The number of hydrogen-bond donors (Lipinski definition) is 4. The highest BCUT2D eigenvalue weighted by molar-refractivity contribution is 6.30. The largest absolute Gasteiger partial charge is 0.497 e. The van der Waals surface area contributed by atoms with Crippen molar-refractivity contribution in [2.45, 2.75) is 31.6 Å². The number of benzene rings is 2. The minimum Gasteiger partial charge on any atom is -0.497 e. The predicted molar refractivity (Wildman–Crippen MR) is 152 cm³/mol. The third-order valence-corrected chi connectivity index (χ3v) is 7.05. The molecule has 41 heavy (non-hydrogen) atoms. The van der Waals surface area contributed by atoms with Crippen molar-refractivity contribution in [2.24, 2.45) is 4.99 Å². The number of amides is 2. The van der Waals surface area contributed by atoms with Crippen LogP contribution in [0.5, 0.6) is 5.75 Å². The lowest BCUT2D eigenvalue weighted by Gasteiger charge is -2.17. The summed E-state index contributed by atoms with van der Waals surface area (Å²) in [7, 11) is 1.60. The Bertz CT molecular complexity index is 1560. The summed E-state index contributed by atoms with van der Waals surface area (Å²) in [5.74, 6) is 1.13. The fourth-order valence-electron chi connectivity index (χ4n) is 4.71. The zero-order valence-electron chi connectivity index (χ0n) is 22.4. The molecular weight excluding hydrogens is 548 g/mol. The molecule has 2 heterocycles. The van der Waals surface area contributed by atoms with Gasteiger partial charge in [0.05, 0.1) is 24.9 Å². The third-order valence-electron chi connectivity index (χ3n) is 6.80. The van der Waals surface area contributed by atoms with Crippen molar-refractivity contribution in [3.63, 3.8) is 0 Å². The van der Waals surface area contributed by atoms with E-state index in [2.05, 4.69) is 20.8 Å². The number of aliphatic hydroxyl groups excluding tert-OH is 2. The van der Waals surface area contributed by atoms with Crippen molar-refractivity contribution >= 4 is 29.1 Å². The van der Waals surface area contributed by atoms with Gasteiger partial charge in [0, 0.05) is 34.8 Å². The summed E-state index contributed by atoms with van der Waals surface area (Å²) >= 11 is 6.15. The SMILES string of the molecule is COc1ccc2c(c1)C(c1ccc(Cl)cc1)=NC(CC(=O)NCCNC(=O)C1=CC(O)C(O)C=C1)c1nnc(C)n1-2. The van der Waals surface area contributed by atoms with Crippen LogP contribution in [0, 0.1) is 6.92 Å². The quantitative estimate of drug-likeness (QED) is 0.299. The van der Waals surface area contributed by atoms with Crippen LogP contribution in [0.2, 0.25) is 5.02 Å². The van der Waals surface area contributed by atoms with Gasteiger partial charge in [-0.15, -0.1) is 10.2 Å². The van der Waals surface area contributed by atoms with E-state index in [0.717, 1.165) is 16.8 Å². The normalized spacial score (nSPS) is 19.3. The van der Waals surface area contributed by atoms with Crippen LogP contribution in [0.25, 0.3) is 5.69 Å². The molecule has 0 fully saturated rings. The van der Waals surface area contributed by atoms with E-state index in [1.54, 1.807) is 19.2 Å². The molecule has 1 aliphatic heterocycles. The number of hydrogen-bond acceptors (Lipinski definition) is 8. The first-order valence-electron chi connectivity index (χ1n) is 13.0. The van der Waals surface area contributed by atoms with E-state index in [0.29, 0.717) is 28.1 Å². The summed E-state index contributed by atoms with van der Waals surface area (Å²) in [6, 6.07) is 12.3. The van der Waals surface area contributed by atoms with Crippen LogP contribution < -0.4 is 15.4 Å². The standard InChI is InChI=1S/C29H29ClN6O5/c1-16-34-35-28-22(15-26(39)31-11-12-32-29(40)18-5-10-24(37)25(38)13-18)33-27(17-3-6-19(30)7-4-17)21-14-20(41-2)8-9-23(21)36(16)28/h3-10,13-14,22,24-25,37-38H,11-12,15H2,1-2H3,(H,31,39)(H,32,40). The number of nitrogens with one attached hydrogen (secondary N) is 2. The Morgan fingerprint density at radius 3 is 2.54 bits per heavy atom. The lowest BCUT2D eigenvalue weighted by molar-refractivity contribution is -0.122. The molecule has 11 nitrogen and oxygen atoms in total. The van der Waals surface area contributed by atoms with Gasteiger partial charge in [0.25, 0.3) is 5.91 Å². The maximum Gasteiger partial charge on any atom is 0.251 e. The predicted octanol–water partition coefficient (Wildman–Crippen LogP) is 1.97. The van der Waals surface area contributed by atoms with E-state index in [9.17, 15) is 19.8 Å². The van der Waals surface area contributed by atoms with Gasteiger partial charge in [-0.3, -0.25) is 19.1 Å². The highest BCUT2D eigenvalue weighted by Crippen LogP contribution is 2.34. The van der Waals surface area contributed by atoms with E-state index in [1.165, 1.54) is 18.2 Å². The number of aryl methyl sites for hydroxylation is 1. The maximum atomic E-state index is 13.1. The smallest absolute Gasteiger partial charge is 0.251 e. The van der Waals surface area contributed by atoms with Crippen LogP contribution >= 0.6 is 11.6 Å². The Balaban J connectivity index is 1.35. The van der Waals surface area contributed by atoms with Gasteiger partial charge in [-0.05, 0) is 43.3 Å². The average molecular weight is 577 g/mol. The van der Waals surface area contributed by atoms with Crippen molar-refractivity contribution in [3.05, 3.63) is 94.1 Å². The van der Waals surface area contributed by atoms with E-state index in [4.69, 9.17) is 21.3 Å². The number of carbonyl (C=O) groups is 2. The molecule has 0 saturated heterocycles. The number of methoxy groups -OCH3 is 1. The highest BCUT2D eigenvalue weighted by atomic mass is 35.5. The number of aromatic nitrogens is 3. The summed E-state index contributed by atoms with van der Waals surface area (Å²) in [6.45, 7) is 2.18. The molecule has 2 aliphatic rings. The van der Waals surface area contributed by atoms with Crippen LogP contribution in [0.1, 0.15) is 35.2 Å². The highest BCUT2D eigenvalue weighted by Gasteiger charge is 2.30. The van der Waals surface area contributed by atoms with Gasteiger partial charge < -0.3 is 25.6 Å². The van der Waals surface area contributed by atoms with Crippen LogP contribution in [0.4, 0.5) is 0 Å². The average Bonchev–Trinajstić information content (AvgIpc) is 3.29. The number of ether oxygens (including phenoxy) is 1. The van der Waals surface area contributed by atoms with Crippen LogP contribution in [0.3, 0.4) is 0 Å². The Morgan fingerprint density at radius 2 is 1.80 bits per heavy atom. The zero-order valence-corrected chi connectivity index (χ0v) is 23.2. The van der Waals surface area contributed by atoms with Crippen molar-refractivity contribution in [2.75, 3.05) is 20.2 Å². The second kappa shape index (κ2) is 12.0. The van der Waals surface area contributed by atoms with Crippen molar-refractivity contribution in [3.8, 4) is 11.4 Å². The minimum atomic E-state index is -1.14. The van der Waals surface area contributed by atoms with Crippen molar-refractivity contribution in [1.82, 2.24) is 25.4 Å².